The van der Waals surface area contributed by atoms with Gasteiger partial charge in [0.05, 0.1) is 80.6 Å². The molecule has 0 radical (unpaired) electrons. The van der Waals surface area contributed by atoms with Crippen molar-refractivity contribution in [3.63, 3.8) is 0 Å². The molecule has 8 aliphatic rings. The van der Waals surface area contributed by atoms with Gasteiger partial charge >= 0.3 is 0 Å². The number of hydrogen-bond acceptors (Lipinski definition) is 24. The summed E-state index contributed by atoms with van der Waals surface area (Å²) in [5.74, 6) is 2.30. The lowest BCUT2D eigenvalue weighted by molar-refractivity contribution is 0.0858. The fourth-order valence-corrected chi connectivity index (χ4v) is 17.4. The summed E-state index contributed by atoms with van der Waals surface area (Å²) >= 11 is 0. The number of fused-ring (bicyclic) bond motifs is 12. The van der Waals surface area contributed by atoms with E-state index in [1.807, 2.05) is 136 Å². The maximum absolute atomic E-state index is 13.9. The molecule has 8 aliphatic heterocycles. The van der Waals surface area contributed by atoms with Crippen molar-refractivity contribution in [2.45, 2.75) is 144 Å². The van der Waals surface area contributed by atoms with Gasteiger partial charge in [-0.2, -0.15) is 20.4 Å². The number of carbonyl (C=O) groups excluding carboxylic acids is 7. The molecule has 0 aliphatic carbocycles. The highest BCUT2D eigenvalue weighted by molar-refractivity contribution is 6.24. The molecule has 0 saturated carbocycles. The minimum absolute atomic E-state index is 0.00256. The Bertz CT molecular complexity index is 6840. The Labute approximate surface area is 792 Å². The summed E-state index contributed by atoms with van der Waals surface area (Å²) < 4.78 is 75.2. The van der Waals surface area contributed by atoms with Crippen LogP contribution in [0.2, 0.25) is 0 Å². The predicted octanol–water partition coefficient (Wildman–Crippen LogP) is 16.5. The van der Waals surface area contributed by atoms with Crippen LogP contribution in [0.4, 0.5) is 91.2 Å². The second-order valence-corrected chi connectivity index (χ2v) is 37.8. The maximum Gasteiger partial charge on any atom is 0.267 e. The Morgan fingerprint density at radius 1 is 0.348 bits per heavy atom. The maximum atomic E-state index is 13.9. The highest BCUT2D eigenvalue weighted by Gasteiger charge is 2.50. The van der Waals surface area contributed by atoms with Gasteiger partial charge in [-0.05, 0) is 202 Å². The third-order valence-corrected chi connectivity index (χ3v) is 24.5. The number of Topliss-reactive ketones (excluding diaryl/α,β-unsaturated/α-hetero) is 3. The van der Waals surface area contributed by atoms with Crippen molar-refractivity contribution in [3.05, 3.63) is 283 Å². The number of hydrogen-bond donors (Lipinski definition) is 5. The normalized spacial score (nSPS) is 16.5. The smallest absolute Gasteiger partial charge is 0.267 e. The zero-order valence-corrected chi connectivity index (χ0v) is 79.2. The lowest BCUT2D eigenvalue weighted by atomic mass is 10.1. The molecule has 0 saturated heterocycles. The number of amides is 4. The van der Waals surface area contributed by atoms with Gasteiger partial charge in [0.15, 0.2) is 52.3 Å². The second kappa shape index (κ2) is 36.1. The molecule has 8 aromatic carbocycles. The number of aliphatic hydroxyl groups excluding tert-OH is 1. The first kappa shape index (κ1) is 94.0. The fourth-order valence-electron chi connectivity index (χ4n) is 17.4. The van der Waals surface area contributed by atoms with E-state index in [-0.39, 0.29) is 87.3 Å². The van der Waals surface area contributed by atoms with Crippen LogP contribution >= 0.6 is 0 Å². The first-order valence-corrected chi connectivity index (χ1v) is 44.8. The standard InChI is InChI=1S/C26H27FN6O2.C25H24F2N6O2.C25H27FN6O2.C25H25FN6O2/c1-15-12-19(10-11-20(15)27)28-22-21-23(32-14-26(3,4)29-25(32)31(5)24(21)35)30-33(22)13-17-6-8-18(9-7-17)16(2)34;1-14(34)16-7-5-15(6-8-16)12-33-21(28-17-9-10-18(26)19(27)11-17)20-22(30-33)32-13-25(2,3)29-24(32)31(4)23(20)35;2*1-15(33)17-7-5-16(6-8-17)13-32-21(27-19-11-9-18(26)10-12-19)20-22(29-32)31-14-25(2,3)28-24(31)30(4)23(20)34/h6-12,28H,13-14H2,1-5H3;5-11,28H,12-13H2,1-4H3;5-12,15,27,33H,13-14H2,1-4H3;5-12,27H,13-14H2,1-4H3. The summed E-state index contributed by atoms with van der Waals surface area (Å²) in [5.41, 5.74) is 9.17. The number of ketones is 3. The Morgan fingerprint density at radius 3 is 0.848 bits per heavy atom. The monoisotopic (exact) mass is 1870 g/mol. The highest BCUT2D eigenvalue weighted by Crippen LogP contribution is 2.45. The lowest BCUT2D eigenvalue weighted by Gasteiger charge is -2.30. The molecule has 710 valence electrons. The van der Waals surface area contributed by atoms with E-state index < -0.39 is 23.3 Å². The summed E-state index contributed by atoms with van der Waals surface area (Å²) in [6.45, 7) is 27.8. The molecule has 5 N–H and O–H groups in total. The molecule has 0 fully saturated rings. The third kappa shape index (κ3) is 18.7. The van der Waals surface area contributed by atoms with Crippen molar-refractivity contribution >= 4 is 134 Å². The number of benzene rings is 8. The summed E-state index contributed by atoms with van der Waals surface area (Å²) in [6.07, 6.45) is -0.550. The number of aliphatic imine (C=N–C) groups is 4. The van der Waals surface area contributed by atoms with Gasteiger partial charge in [-0.3, -0.25) is 72.8 Å². The third-order valence-electron chi connectivity index (χ3n) is 24.5. The van der Waals surface area contributed by atoms with E-state index in [0.29, 0.717) is 178 Å². The molecule has 20 rings (SSSR count). The van der Waals surface area contributed by atoms with Crippen LogP contribution in [0, 0.1) is 36.0 Å². The number of nitrogens with one attached hydrogen (secondary N) is 4. The average Bonchev–Trinajstić information content (AvgIpc) is 1.59. The number of carbonyl (C=O) groups is 7. The Hall–Kier alpha value is -15.8. The van der Waals surface area contributed by atoms with Crippen LogP contribution in [0.3, 0.4) is 0 Å². The van der Waals surface area contributed by atoms with Crippen LogP contribution in [0.5, 0.6) is 0 Å². The van der Waals surface area contributed by atoms with Crippen LogP contribution in [-0.4, -0.2) is 205 Å². The van der Waals surface area contributed by atoms with Gasteiger partial charge in [0.1, 0.15) is 63.0 Å². The van der Waals surface area contributed by atoms with E-state index in [0.717, 1.165) is 39.9 Å². The average molecular weight is 1880 g/mol. The Balaban J connectivity index is 0.000000127. The van der Waals surface area contributed by atoms with Crippen molar-refractivity contribution in [2.75, 3.05) is 95.2 Å². The largest absolute Gasteiger partial charge is 0.389 e. The van der Waals surface area contributed by atoms with E-state index in [2.05, 4.69) is 26.3 Å². The summed E-state index contributed by atoms with van der Waals surface area (Å²) in [4.78, 5) is 122. The van der Waals surface area contributed by atoms with Crippen LogP contribution < -0.4 is 40.9 Å². The molecule has 37 heteroatoms. The molecular formula is C101H103F5N24O8. The molecule has 0 spiro atoms. The fraction of sp³-hybridized carbons (Fsp3) is 0.297. The van der Waals surface area contributed by atoms with Crippen molar-refractivity contribution in [1.82, 2.24) is 58.7 Å². The molecule has 12 heterocycles. The second-order valence-electron chi connectivity index (χ2n) is 37.8. The van der Waals surface area contributed by atoms with E-state index in [4.69, 9.17) is 35.4 Å². The van der Waals surface area contributed by atoms with Crippen LogP contribution in [0.1, 0.15) is 195 Å². The van der Waals surface area contributed by atoms with Crippen molar-refractivity contribution < 1.29 is 60.6 Å². The zero-order chi connectivity index (χ0) is 98.5. The van der Waals surface area contributed by atoms with Gasteiger partial charge in [-0.1, -0.05) is 97.1 Å². The van der Waals surface area contributed by atoms with Gasteiger partial charge < -0.3 is 26.4 Å². The number of guanidine groups is 4. The number of anilines is 12. The topological polar surface area (TPSA) is 334 Å². The quantitative estimate of drug-likeness (QED) is 0.0349. The molecule has 12 aromatic rings. The van der Waals surface area contributed by atoms with Crippen LogP contribution in [-0.2, 0) is 26.2 Å². The number of aliphatic hydroxyl groups is 1. The van der Waals surface area contributed by atoms with Gasteiger partial charge in [-0.15, -0.1) is 0 Å². The highest BCUT2D eigenvalue weighted by atomic mass is 19.2. The van der Waals surface area contributed by atoms with Crippen molar-refractivity contribution in [2.24, 2.45) is 20.0 Å². The van der Waals surface area contributed by atoms with E-state index in [1.54, 1.807) is 148 Å². The predicted molar refractivity (Wildman–Crippen MR) is 519 cm³/mol. The first-order chi connectivity index (χ1) is 65.3. The van der Waals surface area contributed by atoms with Gasteiger partial charge in [0.2, 0.25) is 23.8 Å². The van der Waals surface area contributed by atoms with Crippen molar-refractivity contribution in [1.29, 1.82) is 0 Å². The molecule has 4 amide bonds. The van der Waals surface area contributed by atoms with E-state index in [9.17, 15) is 60.6 Å². The molecule has 4 aromatic heterocycles. The van der Waals surface area contributed by atoms with Crippen LogP contribution in [0.15, 0.2) is 202 Å². The van der Waals surface area contributed by atoms with E-state index in [1.165, 1.54) is 62.1 Å². The van der Waals surface area contributed by atoms with Gasteiger partial charge in [-0.25, -0.2) is 60.6 Å². The van der Waals surface area contributed by atoms with E-state index >= 15 is 0 Å². The molecular weight excluding hydrogens is 1770 g/mol. The Kier molecular flexibility index (Phi) is 24.6. The number of nitrogens with zero attached hydrogens (tertiary/aromatic N) is 20. The number of aryl methyl sites for hydroxylation is 1. The molecule has 138 heavy (non-hydrogen) atoms. The van der Waals surface area contributed by atoms with Crippen molar-refractivity contribution in [3.8, 4) is 0 Å². The molecule has 0 bridgehead atoms. The zero-order valence-electron chi connectivity index (χ0n) is 79.2. The number of rotatable bonds is 20. The minimum Gasteiger partial charge on any atom is -0.389 e. The molecule has 1 unspecified atom stereocenters. The van der Waals surface area contributed by atoms with Crippen LogP contribution in [0.25, 0.3) is 0 Å². The summed E-state index contributed by atoms with van der Waals surface area (Å²) in [5, 5.41) is 42.0. The molecule has 1 atom stereocenters. The Morgan fingerprint density at radius 2 is 0.594 bits per heavy atom. The minimum atomic E-state index is -1.01. The number of halogens is 5. The van der Waals surface area contributed by atoms with Gasteiger partial charge in [0.25, 0.3) is 23.6 Å². The summed E-state index contributed by atoms with van der Waals surface area (Å²) in [6, 6.07) is 49.5. The first-order valence-electron chi connectivity index (χ1n) is 44.8. The SMILES string of the molecule is CC(=O)c1ccc(Cn2nc3c(c2Nc2ccc(F)c(C)c2)C(=O)N(C)C2=NC(C)(C)CN23)cc1.CC(=O)c1ccc(Cn2nc3c(c2Nc2ccc(F)c(F)c2)C(=O)N(C)C2=NC(C)(C)CN23)cc1.CC(=O)c1ccc(Cn2nc3c(c2Nc2ccc(F)cc2)C(=O)N(C)C2=NC(C)(C)CN23)cc1.CC(O)c1ccc(Cn2nc3c(c2Nc2ccc(F)cc2)C(=O)N(C)C2=NC(C)(C)CN23)cc1. The summed E-state index contributed by atoms with van der Waals surface area (Å²) in [7, 11) is 6.78. The number of aromatic nitrogens is 8. The lowest BCUT2D eigenvalue weighted by Crippen LogP contribution is -2.48. The van der Waals surface area contributed by atoms with Gasteiger partial charge in [0, 0.05) is 73.7 Å². The molecule has 32 nitrogen and oxygen atoms in total.